The minimum atomic E-state index is -0.878. The summed E-state index contributed by atoms with van der Waals surface area (Å²) in [5.41, 5.74) is 6.06. The lowest BCUT2D eigenvalue weighted by Gasteiger charge is -2.17. The molecule has 416 valence electrons. The van der Waals surface area contributed by atoms with E-state index in [4.69, 9.17) is 28.4 Å². The molecule has 2 saturated heterocycles. The van der Waals surface area contributed by atoms with Crippen molar-refractivity contribution in [2.24, 2.45) is 11.8 Å². The van der Waals surface area contributed by atoms with Crippen molar-refractivity contribution >= 4 is 69.9 Å². The highest BCUT2D eigenvalue weighted by Crippen LogP contribution is 2.35. The Bertz CT molecular complexity index is 3130. The number of hydrogen-bond donors (Lipinski definition) is 5. The molecule has 0 saturated carbocycles. The first-order valence-electron chi connectivity index (χ1n) is 25.3. The molecule has 0 radical (unpaired) electrons. The summed E-state index contributed by atoms with van der Waals surface area (Å²) in [6, 6.07) is 6.85. The number of aromatic amines is 2. The molecule has 2 fully saturated rings. The van der Waals surface area contributed by atoms with Crippen LogP contribution in [-0.4, -0.2) is 124 Å². The molecular weight excluding hydrogens is 1020 g/mol. The molecule has 6 atom stereocenters. The zero-order valence-corrected chi connectivity index (χ0v) is 45.2. The first-order chi connectivity index (χ1) is 37.0. The monoisotopic (exact) mass is 1080 g/mol. The number of ether oxygens (including phenoxy) is 6. The van der Waals surface area contributed by atoms with Crippen LogP contribution in [0.5, 0.6) is 0 Å². The Morgan fingerprint density at radius 3 is 1.37 bits per heavy atom. The summed E-state index contributed by atoms with van der Waals surface area (Å²) in [5, 5.41) is 14.9. The number of aliphatic hydroxyl groups excluding tert-OH is 1. The molecular formula is C53H64N10O15. The number of nitrogens with one attached hydrogen (secondary N) is 4. The Morgan fingerprint density at radius 1 is 0.641 bits per heavy atom. The van der Waals surface area contributed by atoms with Gasteiger partial charge < -0.3 is 33.5 Å². The number of rotatable bonds is 16. The number of amides is 2. The van der Waals surface area contributed by atoms with Crippen molar-refractivity contribution in [1.29, 1.82) is 0 Å². The highest BCUT2D eigenvalue weighted by molar-refractivity contribution is 5.93. The molecule has 78 heavy (non-hydrogen) atoms. The van der Waals surface area contributed by atoms with E-state index in [1.807, 2.05) is 48.5 Å². The summed E-state index contributed by atoms with van der Waals surface area (Å²) in [6.07, 6.45) is -0.509. The quantitative estimate of drug-likeness (QED) is 0.0642. The number of carbonyl (C=O) groups excluding carboxylic acids is 6. The van der Waals surface area contributed by atoms with Gasteiger partial charge in [-0.3, -0.25) is 48.9 Å². The minimum absolute atomic E-state index is 0.00162. The average Bonchev–Trinajstić information content (AvgIpc) is 4.33. The summed E-state index contributed by atoms with van der Waals surface area (Å²) < 4.78 is 36.4. The fraction of sp³-hybridized carbons (Fsp3) is 0.472. The van der Waals surface area contributed by atoms with Crippen LogP contribution in [0.2, 0.25) is 0 Å². The van der Waals surface area contributed by atoms with Gasteiger partial charge in [0.15, 0.2) is 35.5 Å². The summed E-state index contributed by atoms with van der Waals surface area (Å²) >= 11 is 0. The predicted octanol–water partition coefficient (Wildman–Crippen LogP) is 4.79. The van der Waals surface area contributed by atoms with Gasteiger partial charge >= 0.3 is 23.9 Å². The van der Waals surface area contributed by atoms with Gasteiger partial charge in [-0.1, -0.05) is 34.6 Å². The van der Waals surface area contributed by atoms with Gasteiger partial charge in [-0.05, 0) is 106 Å². The van der Waals surface area contributed by atoms with E-state index in [0.717, 1.165) is 33.4 Å². The van der Waals surface area contributed by atoms with Crippen LogP contribution in [0.4, 0.5) is 11.9 Å². The maximum atomic E-state index is 12.6. The lowest BCUT2D eigenvalue weighted by Crippen LogP contribution is -2.31. The van der Waals surface area contributed by atoms with Gasteiger partial charge in [-0.25, -0.2) is 29.1 Å². The van der Waals surface area contributed by atoms with E-state index in [-0.39, 0.29) is 70.7 Å². The Hall–Kier alpha value is -8.16. The molecule has 0 bridgehead atoms. The van der Waals surface area contributed by atoms with Gasteiger partial charge in [0, 0.05) is 24.7 Å². The maximum absolute atomic E-state index is 12.6. The number of H-pyrrole nitrogens is 2. The summed E-state index contributed by atoms with van der Waals surface area (Å²) in [6.45, 7) is 18.6. The Labute approximate surface area is 446 Å². The van der Waals surface area contributed by atoms with E-state index in [2.05, 4.69) is 40.5 Å². The number of aliphatic hydroxyl groups is 1. The number of esters is 4. The maximum Gasteiger partial charge on any atom is 0.344 e. The van der Waals surface area contributed by atoms with Gasteiger partial charge in [0.25, 0.3) is 11.1 Å². The molecule has 2 amide bonds. The van der Waals surface area contributed by atoms with Crippen LogP contribution >= 0.6 is 0 Å². The molecule has 25 nitrogen and oxygen atoms in total. The smallest absolute Gasteiger partial charge is 0.344 e. The van der Waals surface area contributed by atoms with E-state index < -0.39 is 91.7 Å². The highest BCUT2D eigenvalue weighted by atomic mass is 16.6. The van der Waals surface area contributed by atoms with E-state index in [1.165, 1.54) is 17.2 Å². The largest absolute Gasteiger partial charge is 0.457 e. The van der Waals surface area contributed by atoms with E-state index in [9.17, 15) is 43.5 Å². The van der Waals surface area contributed by atoms with Crippen LogP contribution in [0, 0.1) is 53.4 Å². The van der Waals surface area contributed by atoms with Crippen molar-refractivity contribution in [3.05, 3.63) is 102 Å². The van der Waals surface area contributed by atoms with Crippen LogP contribution in [0.25, 0.3) is 22.3 Å². The number of aromatic nitrogens is 8. The molecule has 2 aliphatic heterocycles. The lowest BCUT2D eigenvalue weighted by atomic mass is 10.0. The Kier molecular flexibility index (Phi) is 18.0. The minimum Gasteiger partial charge on any atom is -0.457 e. The van der Waals surface area contributed by atoms with Crippen molar-refractivity contribution < 1.29 is 62.3 Å². The molecule has 8 rings (SSSR count). The molecule has 5 N–H and O–H groups in total. The molecule has 25 heteroatoms. The number of nitrogens with zero attached hydrogens (tertiary/aromatic N) is 6. The van der Waals surface area contributed by atoms with E-state index >= 15 is 0 Å². The van der Waals surface area contributed by atoms with Crippen molar-refractivity contribution in [1.82, 2.24) is 39.0 Å². The number of benzene rings is 2. The third kappa shape index (κ3) is 13.1. The zero-order chi connectivity index (χ0) is 56.9. The number of aryl methyl sites for hydroxylation is 4. The molecule has 0 spiro atoms. The standard InChI is InChI=1S/C27H33N5O7.C26H31N5O8/c1-7-18-19(39-21(33)11-37-26(36)17-8-14(4)16(6)15(5)9-17)10-20(38-18)32-12-28-22-23(32)29-27(31-25(22)35)30-24(34)13(2)3;1-12(2)23(34)29-26-28-22-21(24(35)30-26)27-11-31(22)19-8-17(18(9-32)38-19)39-20(33)10-37-25(36)16-6-13(3)15(5)14(4)7-16/h8-9,12-13,18-20H,7,10-11H2,1-6H3,(H2,29,30,31,34,35);6-7,11-12,17-19,32H,8-10H2,1-5H3,(H2,28,29,30,34,35). The summed E-state index contributed by atoms with van der Waals surface area (Å²) in [7, 11) is 0. The molecule has 4 aromatic heterocycles. The number of anilines is 2. The van der Waals surface area contributed by atoms with Gasteiger partial charge in [0.2, 0.25) is 23.7 Å². The van der Waals surface area contributed by atoms with Crippen molar-refractivity contribution in [3.63, 3.8) is 0 Å². The second-order valence-electron chi connectivity index (χ2n) is 19.8. The number of carbonyl (C=O) groups is 6. The average molecular weight is 1080 g/mol. The summed E-state index contributed by atoms with van der Waals surface area (Å²) in [4.78, 5) is 121. The zero-order valence-electron chi connectivity index (χ0n) is 45.2. The van der Waals surface area contributed by atoms with Crippen molar-refractivity contribution in [2.75, 3.05) is 30.5 Å². The fourth-order valence-electron chi connectivity index (χ4n) is 8.56. The van der Waals surface area contributed by atoms with Gasteiger partial charge in [-0.15, -0.1) is 0 Å². The number of imidazole rings is 2. The molecule has 6 aromatic rings. The SMILES string of the molecule is CCC1OC(n2cnc3c(=O)[nH]c(NC(=O)C(C)C)nc32)CC1OC(=O)COC(=O)c1cc(C)c(C)c(C)c1.Cc1cc(C(=O)OCC(=O)OC2CC(n3cnc4c(=O)[nH]c(NC(=O)C(C)C)nc43)OC2CO)cc(C)c1C. The number of hydrogen-bond acceptors (Lipinski definition) is 19. The predicted molar refractivity (Wildman–Crippen MR) is 279 cm³/mol. The summed E-state index contributed by atoms with van der Waals surface area (Å²) in [5.74, 6) is -4.08. The van der Waals surface area contributed by atoms with Crippen LogP contribution in [0.1, 0.15) is 120 Å². The second-order valence-corrected chi connectivity index (χ2v) is 19.8. The highest BCUT2D eigenvalue weighted by Gasteiger charge is 2.41. The lowest BCUT2D eigenvalue weighted by molar-refractivity contribution is -0.157. The van der Waals surface area contributed by atoms with Crippen molar-refractivity contribution in [3.8, 4) is 0 Å². The Morgan fingerprint density at radius 2 is 1.01 bits per heavy atom. The second kappa shape index (κ2) is 24.4. The van der Waals surface area contributed by atoms with Crippen molar-refractivity contribution in [2.45, 2.75) is 132 Å². The van der Waals surface area contributed by atoms with Crippen LogP contribution in [-0.2, 0) is 47.6 Å². The van der Waals surface area contributed by atoms with E-state index in [0.29, 0.717) is 17.5 Å². The van der Waals surface area contributed by atoms with Crippen LogP contribution in [0.15, 0.2) is 46.5 Å². The molecule has 6 unspecified atom stereocenters. The van der Waals surface area contributed by atoms with E-state index in [1.54, 1.807) is 56.5 Å². The molecule has 2 aliphatic rings. The van der Waals surface area contributed by atoms with Crippen LogP contribution < -0.4 is 21.8 Å². The molecule has 2 aromatic carbocycles. The third-order valence-electron chi connectivity index (χ3n) is 13.5. The Balaban J connectivity index is 0.000000226. The topological polar surface area (TPSA) is 329 Å². The third-order valence-corrected chi connectivity index (χ3v) is 13.5. The molecule has 0 aliphatic carbocycles. The number of fused-ring (bicyclic) bond motifs is 2. The first kappa shape index (κ1) is 57.5. The first-order valence-corrected chi connectivity index (χ1v) is 25.3. The van der Waals surface area contributed by atoms with Gasteiger partial charge in [0.05, 0.1) is 36.5 Å². The van der Waals surface area contributed by atoms with Gasteiger partial charge in [-0.2, -0.15) is 9.97 Å². The molecule has 6 heterocycles. The van der Waals surface area contributed by atoms with Crippen LogP contribution in [0.3, 0.4) is 0 Å². The van der Waals surface area contributed by atoms with Gasteiger partial charge in [0.1, 0.15) is 30.8 Å². The normalized spacial score (nSPS) is 18.9. The fourth-order valence-corrected chi connectivity index (χ4v) is 8.56.